The fraction of sp³-hybridized carbons (Fsp3) is 0.514. The molecule has 1 saturated carbocycles. The molecule has 266 valence electrons. The topological polar surface area (TPSA) is 149 Å². The van der Waals surface area contributed by atoms with Crippen LogP contribution >= 0.6 is 11.3 Å². The molecule has 13 heteroatoms. The first kappa shape index (κ1) is 35.3. The third-order valence-corrected chi connectivity index (χ3v) is 10.0. The zero-order chi connectivity index (χ0) is 35.5. The number of para-hydroxylation sites is 2. The number of fused-ring (bicyclic) bond motifs is 3. The Labute approximate surface area is 296 Å². The number of allylic oxidation sites excluding steroid dienone is 1. The maximum absolute atomic E-state index is 14.4. The molecule has 3 aliphatic rings. The molecule has 1 aliphatic carbocycles. The summed E-state index contributed by atoms with van der Waals surface area (Å²) in [7, 11) is 0. The van der Waals surface area contributed by atoms with Crippen LogP contribution in [0.2, 0.25) is 0 Å². The molecule has 1 aromatic carbocycles. The van der Waals surface area contributed by atoms with Gasteiger partial charge in [-0.2, -0.15) is 0 Å². The highest BCUT2D eigenvalue weighted by Crippen LogP contribution is 2.46. The summed E-state index contributed by atoms with van der Waals surface area (Å²) in [6, 6.07) is 9.44. The predicted octanol–water partition coefficient (Wildman–Crippen LogP) is 5.56. The molecule has 50 heavy (non-hydrogen) atoms. The summed E-state index contributed by atoms with van der Waals surface area (Å²) in [5.74, 6) is -1.31. The van der Waals surface area contributed by atoms with Gasteiger partial charge >= 0.3 is 12.1 Å². The van der Waals surface area contributed by atoms with Gasteiger partial charge in [-0.25, -0.2) is 19.6 Å². The van der Waals surface area contributed by atoms with E-state index in [1.54, 1.807) is 27.7 Å². The fourth-order valence-electron chi connectivity index (χ4n) is 6.64. The number of nitrogens with one attached hydrogen (secondary N) is 2. The highest BCUT2D eigenvalue weighted by molar-refractivity contribution is 7.13. The van der Waals surface area contributed by atoms with Crippen molar-refractivity contribution < 1.29 is 33.4 Å². The van der Waals surface area contributed by atoms with E-state index in [4.69, 9.17) is 24.2 Å². The van der Waals surface area contributed by atoms with Gasteiger partial charge in [0.25, 0.3) is 0 Å². The minimum atomic E-state index is -1.21. The van der Waals surface area contributed by atoms with Crippen molar-refractivity contribution in [3.8, 4) is 16.5 Å². The number of carbonyl (C=O) groups is 4. The Kier molecular flexibility index (Phi) is 10.4. The largest absolute Gasteiger partial charge is 0.471 e. The number of benzene rings is 1. The standard InChI is InChI=1S/C37H45N5O7S/c1-5-47-34(45)37-21-23(37)14-9-7-6-8-10-17-27(40-35(46)49-36(2,3)4)33(44)42-22-24(20-28(42)31(43)41-37)48-32-30(29-18-13-19-50-29)38-25-15-11-12-16-26(25)39-32/h9,11-16,18-19,23-24,27-28H,5-8,10,17,20-22H2,1-4H3,(H,40,46)(H,41,43)/b14-9-/t23-,24?,27+,28+,37-/m1/s1. The molecule has 3 amide bonds. The van der Waals surface area contributed by atoms with E-state index in [0.717, 1.165) is 24.1 Å². The van der Waals surface area contributed by atoms with Crippen molar-refractivity contribution in [3.05, 3.63) is 53.9 Å². The first-order valence-corrected chi connectivity index (χ1v) is 18.3. The summed E-state index contributed by atoms with van der Waals surface area (Å²) in [4.78, 5) is 66.9. The van der Waals surface area contributed by atoms with Gasteiger partial charge in [-0.15, -0.1) is 11.3 Å². The summed E-state index contributed by atoms with van der Waals surface area (Å²) in [5.41, 5.74) is -0.0443. The molecule has 0 spiro atoms. The number of alkyl carbamates (subject to hydrolysis) is 1. The van der Waals surface area contributed by atoms with Crippen LogP contribution in [-0.2, 0) is 23.9 Å². The zero-order valence-corrected chi connectivity index (χ0v) is 29.8. The summed E-state index contributed by atoms with van der Waals surface area (Å²) in [5, 5.41) is 7.72. The van der Waals surface area contributed by atoms with Crippen LogP contribution in [0.25, 0.3) is 21.6 Å². The van der Waals surface area contributed by atoms with Crippen molar-refractivity contribution in [1.82, 2.24) is 25.5 Å². The monoisotopic (exact) mass is 703 g/mol. The second kappa shape index (κ2) is 14.8. The molecule has 2 fully saturated rings. The highest BCUT2D eigenvalue weighted by Gasteiger charge is 2.62. The van der Waals surface area contributed by atoms with E-state index in [1.807, 2.05) is 53.9 Å². The van der Waals surface area contributed by atoms with E-state index in [2.05, 4.69) is 10.6 Å². The van der Waals surface area contributed by atoms with Gasteiger partial charge in [0.2, 0.25) is 17.7 Å². The Hall–Kier alpha value is -4.52. The Morgan fingerprint density at radius 2 is 1.86 bits per heavy atom. The minimum absolute atomic E-state index is 0.0531. The Balaban J connectivity index is 1.33. The molecule has 2 aromatic heterocycles. The first-order chi connectivity index (χ1) is 24.0. The Morgan fingerprint density at radius 1 is 1.08 bits per heavy atom. The maximum Gasteiger partial charge on any atom is 0.408 e. The van der Waals surface area contributed by atoms with Gasteiger partial charge in [-0.05, 0) is 77.0 Å². The lowest BCUT2D eigenvalue weighted by Crippen LogP contribution is -2.56. The van der Waals surface area contributed by atoms with Crippen molar-refractivity contribution >= 4 is 46.2 Å². The Morgan fingerprint density at radius 3 is 2.58 bits per heavy atom. The van der Waals surface area contributed by atoms with E-state index >= 15 is 0 Å². The van der Waals surface area contributed by atoms with Crippen molar-refractivity contribution in [3.63, 3.8) is 0 Å². The SMILES string of the molecule is CCOC(=O)[C@@]12C[C@H]1/C=C\CCCCC[C@H](NC(=O)OC(C)(C)C)C(=O)N1CC(Oc3nc4ccccc4nc3-c3cccs3)C[C@H]1C(=O)N2. The van der Waals surface area contributed by atoms with Gasteiger partial charge in [-0.3, -0.25) is 9.59 Å². The number of aromatic nitrogens is 2. The lowest BCUT2D eigenvalue weighted by Gasteiger charge is -2.30. The van der Waals surface area contributed by atoms with E-state index in [9.17, 15) is 19.2 Å². The Bertz CT molecular complexity index is 1760. The molecule has 6 rings (SSSR count). The van der Waals surface area contributed by atoms with Crippen LogP contribution in [0.3, 0.4) is 0 Å². The van der Waals surface area contributed by atoms with Crippen LogP contribution in [0.4, 0.5) is 4.79 Å². The summed E-state index contributed by atoms with van der Waals surface area (Å²) < 4.78 is 17.5. The van der Waals surface area contributed by atoms with E-state index in [1.165, 1.54) is 16.2 Å². The second-order valence-corrected chi connectivity index (χ2v) is 15.0. The van der Waals surface area contributed by atoms with Gasteiger partial charge in [0.05, 0.1) is 29.1 Å². The normalized spacial score (nSPS) is 26.4. The van der Waals surface area contributed by atoms with Gasteiger partial charge in [0.1, 0.15) is 35.0 Å². The molecule has 5 atom stereocenters. The number of thiophene rings is 1. The van der Waals surface area contributed by atoms with Crippen LogP contribution in [0, 0.1) is 5.92 Å². The number of carbonyl (C=O) groups excluding carboxylic acids is 4. The van der Waals surface area contributed by atoms with Crippen molar-refractivity contribution in [1.29, 1.82) is 0 Å². The molecule has 1 saturated heterocycles. The van der Waals surface area contributed by atoms with Crippen LogP contribution in [0.5, 0.6) is 5.88 Å². The van der Waals surface area contributed by atoms with E-state index in [-0.39, 0.29) is 25.5 Å². The molecular formula is C37H45N5O7S. The average Bonchev–Trinajstić information content (AvgIpc) is 3.38. The van der Waals surface area contributed by atoms with Gasteiger partial charge in [0.15, 0.2) is 0 Å². The van der Waals surface area contributed by atoms with Crippen LogP contribution in [-0.4, -0.2) is 81.2 Å². The number of nitrogens with zero attached hydrogens (tertiary/aromatic N) is 3. The molecule has 0 bridgehead atoms. The number of rotatable bonds is 6. The van der Waals surface area contributed by atoms with Gasteiger partial charge in [0, 0.05) is 12.3 Å². The molecule has 4 heterocycles. The second-order valence-electron chi connectivity index (χ2n) is 14.1. The quantitative estimate of drug-likeness (QED) is 0.249. The van der Waals surface area contributed by atoms with Crippen LogP contribution in [0.1, 0.15) is 72.6 Å². The smallest absolute Gasteiger partial charge is 0.408 e. The highest BCUT2D eigenvalue weighted by atomic mass is 32.1. The molecular weight excluding hydrogens is 659 g/mol. The molecule has 2 N–H and O–H groups in total. The van der Waals surface area contributed by atoms with Crippen molar-refractivity contribution in [2.45, 2.75) is 102 Å². The average molecular weight is 704 g/mol. The van der Waals surface area contributed by atoms with Crippen LogP contribution < -0.4 is 15.4 Å². The number of esters is 1. The zero-order valence-electron chi connectivity index (χ0n) is 29.0. The molecule has 3 aromatic rings. The fourth-order valence-corrected chi connectivity index (χ4v) is 7.35. The lowest BCUT2D eigenvalue weighted by atomic mass is 10.0. The number of ether oxygens (including phenoxy) is 3. The number of hydrogen-bond acceptors (Lipinski definition) is 10. The van der Waals surface area contributed by atoms with E-state index in [0.29, 0.717) is 41.9 Å². The summed E-state index contributed by atoms with van der Waals surface area (Å²) >= 11 is 1.50. The van der Waals surface area contributed by atoms with Gasteiger partial charge in [-0.1, -0.05) is 43.2 Å². The van der Waals surface area contributed by atoms with E-state index < -0.39 is 53.2 Å². The van der Waals surface area contributed by atoms with Crippen molar-refractivity contribution in [2.24, 2.45) is 5.92 Å². The summed E-state index contributed by atoms with van der Waals surface area (Å²) in [6.45, 7) is 7.22. The third-order valence-electron chi connectivity index (χ3n) is 9.14. The number of amides is 3. The van der Waals surface area contributed by atoms with Crippen molar-refractivity contribution in [2.75, 3.05) is 13.2 Å². The summed E-state index contributed by atoms with van der Waals surface area (Å²) in [6.07, 6.45) is 6.76. The molecule has 12 nitrogen and oxygen atoms in total. The number of hydrogen-bond donors (Lipinski definition) is 2. The maximum atomic E-state index is 14.4. The molecule has 0 radical (unpaired) electrons. The lowest BCUT2D eigenvalue weighted by molar-refractivity contribution is -0.150. The van der Waals surface area contributed by atoms with Gasteiger partial charge < -0.3 is 29.7 Å². The third kappa shape index (κ3) is 7.93. The van der Waals surface area contributed by atoms with Crippen LogP contribution in [0.15, 0.2) is 53.9 Å². The molecule has 1 unspecified atom stereocenters. The molecule has 2 aliphatic heterocycles. The predicted molar refractivity (Wildman–Crippen MR) is 188 cm³/mol. The first-order valence-electron chi connectivity index (χ1n) is 17.4. The minimum Gasteiger partial charge on any atom is -0.471 e.